The normalized spacial score (nSPS) is 21.4. The number of sulfone groups is 1. The third-order valence-corrected chi connectivity index (χ3v) is 5.60. The summed E-state index contributed by atoms with van der Waals surface area (Å²) in [4.78, 5) is 34.9. The van der Waals surface area contributed by atoms with E-state index in [-0.39, 0.29) is 23.0 Å². The minimum Gasteiger partial charge on any atom is -0.452 e. The molecule has 8 nitrogen and oxygen atoms in total. The van der Waals surface area contributed by atoms with Gasteiger partial charge < -0.3 is 15.4 Å². The maximum Gasteiger partial charge on any atom is 0.338 e. The summed E-state index contributed by atoms with van der Waals surface area (Å²) in [7, 11) is -3.15. The standard InChI is InChI=1S/C16H20N2O6S/c1-11(19)17-13-5-3-4-12(8-13)15(21)24-9-14(20)18-16(2)6-7-25(22,23)10-16/h3-5,8H,6-7,9-10H2,1-2H3,(H,17,19)(H,18,20)/t16-/m1/s1. The highest BCUT2D eigenvalue weighted by atomic mass is 32.2. The van der Waals surface area contributed by atoms with Gasteiger partial charge in [0, 0.05) is 12.6 Å². The van der Waals surface area contributed by atoms with Crippen molar-refractivity contribution in [1.29, 1.82) is 0 Å². The number of carbonyl (C=O) groups is 3. The zero-order valence-corrected chi connectivity index (χ0v) is 14.8. The second-order valence-corrected chi connectivity index (χ2v) is 8.47. The van der Waals surface area contributed by atoms with Gasteiger partial charge in [-0.25, -0.2) is 13.2 Å². The number of nitrogens with one attached hydrogen (secondary N) is 2. The molecule has 1 heterocycles. The van der Waals surface area contributed by atoms with Crippen molar-refractivity contribution >= 4 is 33.3 Å². The molecule has 1 fully saturated rings. The molecule has 0 bridgehead atoms. The first-order chi connectivity index (χ1) is 11.6. The Morgan fingerprint density at radius 3 is 2.60 bits per heavy atom. The van der Waals surface area contributed by atoms with Gasteiger partial charge in [-0.1, -0.05) is 6.07 Å². The van der Waals surface area contributed by atoms with Gasteiger partial charge >= 0.3 is 5.97 Å². The molecule has 0 aliphatic carbocycles. The molecule has 1 aliphatic heterocycles. The molecule has 9 heteroatoms. The lowest BCUT2D eigenvalue weighted by Gasteiger charge is -2.23. The van der Waals surface area contributed by atoms with Gasteiger partial charge in [-0.15, -0.1) is 0 Å². The summed E-state index contributed by atoms with van der Waals surface area (Å²) in [6.07, 6.45) is 0.327. The number of rotatable bonds is 5. The molecule has 1 saturated heterocycles. The van der Waals surface area contributed by atoms with Gasteiger partial charge in [0.15, 0.2) is 16.4 Å². The van der Waals surface area contributed by atoms with Gasteiger partial charge in [0.05, 0.1) is 22.6 Å². The summed E-state index contributed by atoms with van der Waals surface area (Å²) in [6.45, 7) is 2.48. The third kappa shape index (κ3) is 5.56. The van der Waals surface area contributed by atoms with Crippen molar-refractivity contribution in [3.8, 4) is 0 Å². The summed E-state index contributed by atoms with van der Waals surface area (Å²) in [5.74, 6) is -1.65. The minimum absolute atomic E-state index is 0.0273. The zero-order valence-electron chi connectivity index (χ0n) is 14.0. The molecule has 2 rings (SSSR count). The van der Waals surface area contributed by atoms with Crippen molar-refractivity contribution in [3.63, 3.8) is 0 Å². The summed E-state index contributed by atoms with van der Waals surface area (Å²) < 4.78 is 28.0. The van der Waals surface area contributed by atoms with E-state index in [0.717, 1.165) is 0 Å². The van der Waals surface area contributed by atoms with Gasteiger partial charge in [0.1, 0.15) is 0 Å². The molecule has 25 heavy (non-hydrogen) atoms. The van der Waals surface area contributed by atoms with Crippen LogP contribution in [0, 0.1) is 0 Å². The Hall–Kier alpha value is -2.42. The van der Waals surface area contributed by atoms with Gasteiger partial charge in [-0.05, 0) is 31.5 Å². The summed E-state index contributed by atoms with van der Waals surface area (Å²) in [6, 6.07) is 6.13. The maximum absolute atomic E-state index is 12.0. The van der Waals surface area contributed by atoms with Crippen LogP contribution < -0.4 is 10.6 Å². The van der Waals surface area contributed by atoms with Crippen LogP contribution >= 0.6 is 0 Å². The van der Waals surface area contributed by atoms with Crippen molar-refractivity contribution in [2.75, 3.05) is 23.4 Å². The van der Waals surface area contributed by atoms with E-state index in [9.17, 15) is 22.8 Å². The largest absolute Gasteiger partial charge is 0.452 e. The van der Waals surface area contributed by atoms with Gasteiger partial charge in [-0.2, -0.15) is 0 Å². The number of benzene rings is 1. The number of carbonyl (C=O) groups excluding carboxylic acids is 3. The van der Waals surface area contributed by atoms with E-state index in [0.29, 0.717) is 12.1 Å². The molecule has 1 atom stereocenters. The SMILES string of the molecule is CC(=O)Nc1cccc(C(=O)OCC(=O)N[C@]2(C)CCS(=O)(=O)C2)c1. The number of anilines is 1. The second kappa shape index (κ2) is 7.22. The molecule has 0 aromatic heterocycles. The number of ether oxygens (including phenoxy) is 1. The van der Waals surface area contributed by atoms with E-state index in [1.54, 1.807) is 19.1 Å². The average Bonchev–Trinajstić information content (AvgIpc) is 2.77. The lowest BCUT2D eigenvalue weighted by atomic mass is 10.0. The van der Waals surface area contributed by atoms with Crippen LogP contribution in [0.15, 0.2) is 24.3 Å². The first kappa shape index (κ1) is 18.9. The molecule has 0 unspecified atom stereocenters. The fraction of sp³-hybridized carbons (Fsp3) is 0.438. The molecule has 1 aromatic rings. The highest BCUT2D eigenvalue weighted by molar-refractivity contribution is 7.91. The molecule has 1 aromatic carbocycles. The summed E-state index contributed by atoms with van der Waals surface area (Å²) >= 11 is 0. The molecule has 1 aliphatic rings. The third-order valence-electron chi connectivity index (χ3n) is 3.70. The van der Waals surface area contributed by atoms with Crippen LogP contribution in [-0.4, -0.2) is 49.9 Å². The number of hydrogen-bond donors (Lipinski definition) is 2. The number of hydrogen-bond acceptors (Lipinski definition) is 6. The summed E-state index contributed by atoms with van der Waals surface area (Å²) in [5.41, 5.74) is -0.211. The van der Waals surface area contributed by atoms with Crippen LogP contribution in [0.4, 0.5) is 5.69 Å². The average molecular weight is 368 g/mol. The van der Waals surface area contributed by atoms with Crippen LogP contribution in [-0.2, 0) is 24.2 Å². The van der Waals surface area contributed by atoms with Crippen LogP contribution in [0.2, 0.25) is 0 Å². The van der Waals surface area contributed by atoms with E-state index < -0.39 is 33.9 Å². The highest BCUT2D eigenvalue weighted by Gasteiger charge is 2.39. The van der Waals surface area contributed by atoms with Crippen molar-refractivity contribution in [2.24, 2.45) is 0 Å². The highest BCUT2D eigenvalue weighted by Crippen LogP contribution is 2.22. The molecule has 0 saturated carbocycles. The maximum atomic E-state index is 12.0. The molecule has 136 valence electrons. The molecule has 2 N–H and O–H groups in total. The molecule has 0 spiro atoms. The van der Waals surface area contributed by atoms with Crippen LogP contribution in [0.25, 0.3) is 0 Å². The van der Waals surface area contributed by atoms with E-state index in [1.807, 2.05) is 0 Å². The van der Waals surface area contributed by atoms with E-state index in [4.69, 9.17) is 4.74 Å². The lowest BCUT2D eigenvalue weighted by molar-refractivity contribution is -0.125. The minimum atomic E-state index is -3.15. The Bertz CT molecular complexity index is 805. The Morgan fingerprint density at radius 2 is 2.00 bits per heavy atom. The van der Waals surface area contributed by atoms with E-state index >= 15 is 0 Å². The second-order valence-electron chi connectivity index (χ2n) is 6.29. The van der Waals surface area contributed by atoms with E-state index in [2.05, 4.69) is 10.6 Å². The quantitative estimate of drug-likeness (QED) is 0.731. The Labute approximate surface area is 145 Å². The Kier molecular flexibility index (Phi) is 5.46. The van der Waals surface area contributed by atoms with Crippen LogP contribution in [0.1, 0.15) is 30.6 Å². The number of amides is 2. The summed E-state index contributed by atoms with van der Waals surface area (Å²) in [5, 5.41) is 5.15. The van der Waals surface area contributed by atoms with Crippen molar-refractivity contribution < 1.29 is 27.5 Å². The van der Waals surface area contributed by atoms with E-state index in [1.165, 1.54) is 19.1 Å². The molecular formula is C16H20N2O6S. The van der Waals surface area contributed by atoms with Crippen molar-refractivity contribution in [2.45, 2.75) is 25.8 Å². The smallest absolute Gasteiger partial charge is 0.338 e. The van der Waals surface area contributed by atoms with Crippen molar-refractivity contribution in [1.82, 2.24) is 5.32 Å². The topological polar surface area (TPSA) is 119 Å². The molecule has 2 amide bonds. The Balaban J connectivity index is 1.89. The first-order valence-electron chi connectivity index (χ1n) is 7.65. The Morgan fingerprint density at radius 1 is 1.28 bits per heavy atom. The van der Waals surface area contributed by atoms with Gasteiger partial charge in [-0.3, -0.25) is 9.59 Å². The van der Waals surface area contributed by atoms with Gasteiger partial charge in [0.25, 0.3) is 5.91 Å². The molecule has 0 radical (unpaired) electrons. The zero-order chi connectivity index (χ0) is 18.7. The molecular weight excluding hydrogens is 348 g/mol. The fourth-order valence-corrected chi connectivity index (χ4v) is 4.72. The predicted molar refractivity (Wildman–Crippen MR) is 90.8 cm³/mol. The van der Waals surface area contributed by atoms with Crippen LogP contribution in [0.3, 0.4) is 0 Å². The first-order valence-corrected chi connectivity index (χ1v) is 9.47. The van der Waals surface area contributed by atoms with Gasteiger partial charge in [0.2, 0.25) is 5.91 Å². The number of esters is 1. The van der Waals surface area contributed by atoms with Crippen LogP contribution in [0.5, 0.6) is 0 Å². The monoisotopic (exact) mass is 368 g/mol. The van der Waals surface area contributed by atoms with Crippen molar-refractivity contribution in [3.05, 3.63) is 29.8 Å². The fourth-order valence-electron chi connectivity index (χ4n) is 2.62. The lowest BCUT2D eigenvalue weighted by Crippen LogP contribution is -2.48. The predicted octanol–water partition coefficient (Wildman–Crippen LogP) is 0.495.